The highest BCUT2D eigenvalue weighted by atomic mass is 19.1. The van der Waals surface area contributed by atoms with Gasteiger partial charge in [-0.25, -0.2) is 19.3 Å². The highest BCUT2D eigenvalue weighted by Crippen LogP contribution is 2.34. The third kappa shape index (κ3) is 4.34. The molecule has 5 rings (SSSR count). The number of aromatic nitrogens is 4. The number of rotatable bonds is 5. The van der Waals surface area contributed by atoms with Crippen molar-refractivity contribution in [2.24, 2.45) is 0 Å². The monoisotopic (exact) mass is 459 g/mol. The van der Waals surface area contributed by atoms with Gasteiger partial charge < -0.3 is 20.3 Å². The molecule has 8 nitrogen and oxygen atoms in total. The van der Waals surface area contributed by atoms with E-state index in [0.717, 1.165) is 11.1 Å². The molecule has 172 valence electrons. The zero-order chi connectivity index (χ0) is 23.5. The lowest BCUT2D eigenvalue weighted by molar-refractivity contribution is -0.0459. The van der Waals surface area contributed by atoms with Gasteiger partial charge >= 0.3 is 0 Å². The van der Waals surface area contributed by atoms with E-state index in [2.05, 4.69) is 32.1 Å². The van der Waals surface area contributed by atoms with E-state index >= 15 is 0 Å². The van der Waals surface area contributed by atoms with E-state index < -0.39 is 31.2 Å². The number of alkyl halides is 1. The summed E-state index contributed by atoms with van der Waals surface area (Å²) in [5.74, 6) is 6.66. The van der Waals surface area contributed by atoms with Crippen molar-refractivity contribution in [1.29, 1.82) is 0 Å². The van der Waals surface area contributed by atoms with E-state index in [-0.39, 0.29) is 5.82 Å². The summed E-state index contributed by atoms with van der Waals surface area (Å²) in [4.78, 5) is 13.4. The standard InChI is InChI=1S/C25H22FN5O3/c26-20-22(33)18(14-32)34-25(20)31-15-28-21-23(27-13-17-9-5-2-6-10-17)29-19(30-24(21)31)12-11-16-7-3-1-4-8-16/h1-10,15,18,20,22,25,32-33H,13-14H2,(H,27,29,30)/t18-,20+,22-,25-/m1/s1. The van der Waals surface area contributed by atoms with Crippen molar-refractivity contribution in [2.45, 2.75) is 31.2 Å². The molecule has 3 heterocycles. The molecule has 9 heteroatoms. The second-order valence-electron chi connectivity index (χ2n) is 7.86. The molecular weight excluding hydrogens is 437 g/mol. The summed E-state index contributed by atoms with van der Waals surface area (Å²) in [6.07, 6.45) is -4.05. The van der Waals surface area contributed by atoms with Crippen LogP contribution in [0.1, 0.15) is 23.2 Å². The number of anilines is 1. The topological polar surface area (TPSA) is 105 Å². The van der Waals surface area contributed by atoms with Gasteiger partial charge in [0.05, 0.1) is 12.9 Å². The van der Waals surface area contributed by atoms with Gasteiger partial charge in [0.25, 0.3) is 0 Å². The largest absolute Gasteiger partial charge is 0.394 e. The molecule has 0 bridgehead atoms. The number of nitrogens with one attached hydrogen (secondary N) is 1. The van der Waals surface area contributed by atoms with Crippen LogP contribution >= 0.6 is 0 Å². The molecule has 1 fully saturated rings. The Morgan fingerprint density at radius 3 is 2.47 bits per heavy atom. The zero-order valence-corrected chi connectivity index (χ0v) is 18.0. The zero-order valence-electron chi connectivity index (χ0n) is 18.0. The van der Waals surface area contributed by atoms with Gasteiger partial charge in [0, 0.05) is 12.1 Å². The summed E-state index contributed by atoms with van der Waals surface area (Å²) >= 11 is 0. The van der Waals surface area contributed by atoms with Gasteiger partial charge in [-0.15, -0.1) is 0 Å². The smallest absolute Gasteiger partial charge is 0.209 e. The van der Waals surface area contributed by atoms with E-state index in [1.165, 1.54) is 10.9 Å². The van der Waals surface area contributed by atoms with Gasteiger partial charge in [-0.3, -0.25) is 4.57 Å². The Morgan fingerprint density at radius 1 is 1.03 bits per heavy atom. The Hall–Kier alpha value is -3.84. The van der Waals surface area contributed by atoms with Crippen molar-refractivity contribution in [3.63, 3.8) is 0 Å². The Balaban J connectivity index is 1.55. The van der Waals surface area contributed by atoms with Crippen molar-refractivity contribution in [1.82, 2.24) is 19.5 Å². The molecule has 34 heavy (non-hydrogen) atoms. The molecule has 2 aromatic heterocycles. The molecule has 0 spiro atoms. The summed E-state index contributed by atoms with van der Waals surface area (Å²) in [6, 6.07) is 19.2. The van der Waals surface area contributed by atoms with Gasteiger partial charge in [0.2, 0.25) is 5.82 Å². The van der Waals surface area contributed by atoms with E-state index in [1.807, 2.05) is 60.7 Å². The molecule has 0 amide bonds. The van der Waals surface area contributed by atoms with E-state index in [4.69, 9.17) is 4.74 Å². The number of aliphatic hydroxyl groups excluding tert-OH is 2. The minimum absolute atomic E-state index is 0.223. The second kappa shape index (κ2) is 9.57. The van der Waals surface area contributed by atoms with E-state index in [1.54, 1.807) is 0 Å². The van der Waals surface area contributed by atoms with Gasteiger partial charge in [0.1, 0.15) is 12.2 Å². The molecule has 1 aliphatic heterocycles. The van der Waals surface area contributed by atoms with Crippen LogP contribution in [0.3, 0.4) is 0 Å². The third-order valence-corrected chi connectivity index (χ3v) is 5.56. The molecule has 4 atom stereocenters. The fourth-order valence-corrected chi connectivity index (χ4v) is 3.79. The predicted octanol–water partition coefficient (Wildman–Crippen LogP) is 2.43. The van der Waals surface area contributed by atoms with Crippen LogP contribution in [0, 0.1) is 11.8 Å². The van der Waals surface area contributed by atoms with Crippen molar-refractivity contribution in [3.8, 4) is 11.8 Å². The number of imidazole rings is 1. The highest BCUT2D eigenvalue weighted by Gasteiger charge is 2.45. The van der Waals surface area contributed by atoms with Crippen LogP contribution < -0.4 is 5.32 Å². The van der Waals surface area contributed by atoms with Crippen molar-refractivity contribution >= 4 is 17.0 Å². The first-order valence-corrected chi connectivity index (χ1v) is 10.8. The number of nitrogens with zero attached hydrogens (tertiary/aromatic N) is 4. The first-order valence-electron chi connectivity index (χ1n) is 10.8. The number of hydrogen-bond donors (Lipinski definition) is 3. The molecule has 0 unspecified atom stereocenters. The number of fused-ring (bicyclic) bond motifs is 1. The summed E-state index contributed by atoms with van der Waals surface area (Å²) in [5.41, 5.74) is 2.57. The van der Waals surface area contributed by atoms with Crippen LogP contribution in [0.15, 0.2) is 67.0 Å². The van der Waals surface area contributed by atoms with E-state index in [9.17, 15) is 14.6 Å². The first-order chi connectivity index (χ1) is 16.6. The summed E-state index contributed by atoms with van der Waals surface area (Å²) < 4.78 is 21.8. The fraction of sp³-hybridized carbons (Fsp3) is 0.240. The van der Waals surface area contributed by atoms with Crippen LogP contribution in [-0.4, -0.2) is 54.7 Å². The molecule has 0 saturated carbocycles. The Morgan fingerprint density at radius 2 is 1.76 bits per heavy atom. The average Bonchev–Trinajstić information content (AvgIpc) is 3.43. The van der Waals surface area contributed by atoms with Crippen LogP contribution in [0.4, 0.5) is 10.2 Å². The van der Waals surface area contributed by atoms with Crippen molar-refractivity contribution in [3.05, 3.63) is 83.9 Å². The molecule has 1 aliphatic rings. The first kappa shape index (κ1) is 22.0. The molecule has 0 radical (unpaired) electrons. The normalized spacial score (nSPS) is 21.9. The number of ether oxygens (including phenoxy) is 1. The maximum absolute atomic E-state index is 14.8. The molecule has 1 saturated heterocycles. The lowest BCUT2D eigenvalue weighted by Gasteiger charge is -2.15. The van der Waals surface area contributed by atoms with Gasteiger partial charge in [0.15, 0.2) is 29.4 Å². The number of hydrogen-bond acceptors (Lipinski definition) is 7. The van der Waals surface area contributed by atoms with Gasteiger partial charge in [-0.1, -0.05) is 54.5 Å². The average molecular weight is 459 g/mol. The molecule has 4 aromatic rings. The Labute approximate surface area is 195 Å². The van der Waals surface area contributed by atoms with Crippen LogP contribution in [0.25, 0.3) is 11.2 Å². The summed E-state index contributed by atoms with van der Waals surface area (Å²) in [6.45, 7) is -0.0142. The maximum atomic E-state index is 14.8. The lowest BCUT2D eigenvalue weighted by Crippen LogP contribution is -2.30. The van der Waals surface area contributed by atoms with Crippen LogP contribution in [0.2, 0.25) is 0 Å². The number of aliphatic hydroxyl groups is 2. The number of benzene rings is 2. The van der Waals surface area contributed by atoms with Crippen LogP contribution in [-0.2, 0) is 11.3 Å². The van der Waals surface area contributed by atoms with E-state index in [0.29, 0.717) is 23.5 Å². The van der Waals surface area contributed by atoms with Gasteiger partial charge in [-0.05, 0) is 23.6 Å². The SMILES string of the molecule is OC[C@H]1O[C@@H](n2cnc3c(NCc4ccccc4)nc(C#Cc4ccccc4)nc32)[C@@H](F)[C@@H]1O. The quantitative estimate of drug-likeness (QED) is 0.394. The summed E-state index contributed by atoms with van der Waals surface area (Å²) in [7, 11) is 0. The summed E-state index contributed by atoms with van der Waals surface area (Å²) in [5, 5.41) is 22.7. The number of halogens is 1. The maximum Gasteiger partial charge on any atom is 0.209 e. The third-order valence-electron chi connectivity index (χ3n) is 5.56. The molecule has 2 aromatic carbocycles. The second-order valence-corrected chi connectivity index (χ2v) is 7.86. The van der Waals surface area contributed by atoms with Crippen molar-refractivity contribution in [2.75, 3.05) is 11.9 Å². The minimum atomic E-state index is -1.76. The Kier molecular flexibility index (Phi) is 6.18. The highest BCUT2D eigenvalue weighted by molar-refractivity contribution is 5.83. The predicted molar refractivity (Wildman–Crippen MR) is 123 cm³/mol. The van der Waals surface area contributed by atoms with Gasteiger partial charge in [-0.2, -0.15) is 0 Å². The van der Waals surface area contributed by atoms with Crippen LogP contribution in [0.5, 0.6) is 0 Å². The molecular formula is C25H22FN5O3. The molecule has 3 N–H and O–H groups in total. The molecule has 0 aliphatic carbocycles. The minimum Gasteiger partial charge on any atom is -0.394 e. The Bertz CT molecular complexity index is 1340. The lowest BCUT2D eigenvalue weighted by atomic mass is 10.1. The van der Waals surface area contributed by atoms with Crippen molar-refractivity contribution < 1.29 is 19.3 Å². The fourth-order valence-electron chi connectivity index (χ4n) is 3.79.